The molecule has 0 saturated carbocycles. The fourth-order valence-corrected chi connectivity index (χ4v) is 2.39. The third kappa shape index (κ3) is 3.08. The predicted octanol–water partition coefficient (Wildman–Crippen LogP) is 2.81. The SMILES string of the molecule is COc1ccc2c(c1)C=C(C(=O)Nc1ccccc1C(=O)O)CO2. The van der Waals surface area contributed by atoms with E-state index < -0.39 is 11.9 Å². The van der Waals surface area contributed by atoms with Gasteiger partial charge in [0.25, 0.3) is 5.91 Å². The first-order valence-corrected chi connectivity index (χ1v) is 7.23. The second kappa shape index (κ2) is 6.45. The number of carbonyl (C=O) groups is 2. The minimum Gasteiger partial charge on any atom is -0.497 e. The fourth-order valence-electron chi connectivity index (χ4n) is 2.39. The summed E-state index contributed by atoms with van der Waals surface area (Å²) >= 11 is 0. The molecule has 24 heavy (non-hydrogen) atoms. The number of fused-ring (bicyclic) bond motifs is 1. The van der Waals surface area contributed by atoms with Gasteiger partial charge in [-0.2, -0.15) is 0 Å². The maximum Gasteiger partial charge on any atom is 0.337 e. The van der Waals surface area contributed by atoms with Crippen molar-refractivity contribution in [1.29, 1.82) is 0 Å². The van der Waals surface area contributed by atoms with Gasteiger partial charge in [0.2, 0.25) is 0 Å². The number of para-hydroxylation sites is 1. The van der Waals surface area contributed by atoms with Crippen LogP contribution in [0.3, 0.4) is 0 Å². The Balaban J connectivity index is 1.86. The van der Waals surface area contributed by atoms with Crippen LogP contribution in [0.2, 0.25) is 0 Å². The van der Waals surface area contributed by atoms with Crippen LogP contribution in [-0.2, 0) is 4.79 Å². The summed E-state index contributed by atoms with van der Waals surface area (Å²) in [5.41, 5.74) is 1.41. The van der Waals surface area contributed by atoms with Crippen molar-refractivity contribution in [3.63, 3.8) is 0 Å². The Labute approximate surface area is 138 Å². The van der Waals surface area contributed by atoms with Crippen molar-refractivity contribution in [3.8, 4) is 11.5 Å². The summed E-state index contributed by atoms with van der Waals surface area (Å²) in [6.07, 6.45) is 1.71. The first-order chi connectivity index (χ1) is 11.6. The molecule has 1 amide bonds. The molecule has 6 nitrogen and oxygen atoms in total. The van der Waals surface area contributed by atoms with Crippen LogP contribution < -0.4 is 14.8 Å². The van der Waals surface area contributed by atoms with Crippen LogP contribution in [0.4, 0.5) is 5.69 Å². The smallest absolute Gasteiger partial charge is 0.337 e. The summed E-state index contributed by atoms with van der Waals surface area (Å²) in [7, 11) is 1.56. The molecule has 0 aromatic heterocycles. The van der Waals surface area contributed by atoms with Gasteiger partial charge in [0, 0.05) is 5.56 Å². The van der Waals surface area contributed by atoms with Crippen LogP contribution in [0, 0.1) is 0 Å². The highest BCUT2D eigenvalue weighted by atomic mass is 16.5. The summed E-state index contributed by atoms with van der Waals surface area (Å²) < 4.78 is 10.7. The zero-order chi connectivity index (χ0) is 17.1. The van der Waals surface area contributed by atoms with E-state index in [0.717, 1.165) is 5.56 Å². The molecular formula is C18H15NO5. The van der Waals surface area contributed by atoms with E-state index in [-0.39, 0.29) is 17.9 Å². The first kappa shape index (κ1) is 15.6. The Morgan fingerprint density at radius 1 is 1.21 bits per heavy atom. The molecule has 0 radical (unpaired) electrons. The number of carboxylic acid groups (broad SMARTS) is 1. The van der Waals surface area contributed by atoms with Crippen molar-refractivity contribution in [2.75, 3.05) is 19.0 Å². The lowest BCUT2D eigenvalue weighted by Gasteiger charge is -2.18. The van der Waals surface area contributed by atoms with Gasteiger partial charge < -0.3 is 19.9 Å². The van der Waals surface area contributed by atoms with Gasteiger partial charge in [0.15, 0.2) is 0 Å². The molecule has 1 aliphatic rings. The third-order valence-electron chi connectivity index (χ3n) is 3.63. The van der Waals surface area contributed by atoms with Gasteiger partial charge in [-0.05, 0) is 36.4 Å². The molecule has 2 aromatic rings. The molecule has 0 unspecified atom stereocenters. The number of hydrogen-bond acceptors (Lipinski definition) is 4. The van der Waals surface area contributed by atoms with E-state index in [1.807, 2.05) is 0 Å². The summed E-state index contributed by atoms with van der Waals surface area (Å²) in [4.78, 5) is 23.6. The van der Waals surface area contributed by atoms with Gasteiger partial charge in [-0.3, -0.25) is 4.79 Å². The van der Waals surface area contributed by atoms with Crippen molar-refractivity contribution in [1.82, 2.24) is 0 Å². The standard InChI is InChI=1S/C18H15NO5/c1-23-13-6-7-16-11(9-13)8-12(10-24-16)17(20)19-15-5-3-2-4-14(15)18(21)22/h2-9H,10H2,1H3,(H,19,20)(H,21,22). The number of methoxy groups -OCH3 is 1. The highest BCUT2D eigenvalue weighted by molar-refractivity contribution is 6.10. The van der Waals surface area contributed by atoms with Crippen LogP contribution in [0.25, 0.3) is 6.08 Å². The number of ether oxygens (including phenoxy) is 2. The zero-order valence-corrected chi connectivity index (χ0v) is 12.9. The molecule has 2 N–H and O–H groups in total. The quantitative estimate of drug-likeness (QED) is 0.903. The van der Waals surface area contributed by atoms with Gasteiger partial charge in [-0.1, -0.05) is 12.1 Å². The van der Waals surface area contributed by atoms with E-state index in [9.17, 15) is 14.7 Å². The second-order valence-electron chi connectivity index (χ2n) is 5.17. The maximum absolute atomic E-state index is 12.4. The molecule has 0 aliphatic carbocycles. The number of nitrogens with one attached hydrogen (secondary N) is 1. The minimum atomic E-state index is -1.10. The van der Waals surface area contributed by atoms with Crippen molar-refractivity contribution in [2.24, 2.45) is 0 Å². The second-order valence-corrected chi connectivity index (χ2v) is 5.17. The van der Waals surface area contributed by atoms with E-state index in [1.54, 1.807) is 49.6 Å². The van der Waals surface area contributed by atoms with E-state index in [1.165, 1.54) is 6.07 Å². The van der Waals surface area contributed by atoms with Crippen molar-refractivity contribution in [3.05, 3.63) is 59.2 Å². The molecule has 1 heterocycles. The number of hydrogen-bond donors (Lipinski definition) is 2. The van der Waals surface area contributed by atoms with Crippen LogP contribution in [0.15, 0.2) is 48.0 Å². The zero-order valence-electron chi connectivity index (χ0n) is 12.9. The Kier molecular flexibility index (Phi) is 4.20. The number of anilines is 1. The number of carboxylic acids is 1. The molecule has 0 spiro atoms. The summed E-state index contributed by atoms with van der Waals surface area (Å²) in [6.45, 7) is 0.112. The number of amides is 1. The van der Waals surface area contributed by atoms with Gasteiger partial charge >= 0.3 is 5.97 Å². The van der Waals surface area contributed by atoms with Crippen molar-refractivity contribution >= 4 is 23.6 Å². The van der Waals surface area contributed by atoms with Gasteiger partial charge in [-0.25, -0.2) is 4.79 Å². The van der Waals surface area contributed by atoms with Crippen LogP contribution in [0.1, 0.15) is 15.9 Å². The average molecular weight is 325 g/mol. The molecular weight excluding hydrogens is 310 g/mol. The monoisotopic (exact) mass is 325 g/mol. The Hall–Kier alpha value is -3.28. The van der Waals surface area contributed by atoms with Crippen LogP contribution in [-0.4, -0.2) is 30.7 Å². The molecule has 0 fully saturated rings. The molecule has 0 saturated heterocycles. The largest absolute Gasteiger partial charge is 0.497 e. The van der Waals surface area contributed by atoms with Crippen molar-refractivity contribution < 1.29 is 24.2 Å². The van der Waals surface area contributed by atoms with Gasteiger partial charge in [0.1, 0.15) is 18.1 Å². The number of carbonyl (C=O) groups excluding carboxylic acids is 1. The number of rotatable bonds is 4. The predicted molar refractivity (Wildman–Crippen MR) is 88.5 cm³/mol. The van der Waals surface area contributed by atoms with Crippen molar-refractivity contribution in [2.45, 2.75) is 0 Å². The Morgan fingerprint density at radius 3 is 2.75 bits per heavy atom. The molecule has 122 valence electrons. The Bertz CT molecular complexity index is 841. The maximum atomic E-state index is 12.4. The lowest BCUT2D eigenvalue weighted by Crippen LogP contribution is -2.22. The van der Waals surface area contributed by atoms with Crippen LogP contribution >= 0.6 is 0 Å². The van der Waals surface area contributed by atoms with E-state index in [4.69, 9.17) is 9.47 Å². The third-order valence-corrected chi connectivity index (χ3v) is 3.63. The average Bonchev–Trinajstić information content (AvgIpc) is 2.61. The van der Waals surface area contributed by atoms with E-state index in [2.05, 4.69) is 5.32 Å². The number of aromatic carboxylic acids is 1. The normalized spacial score (nSPS) is 12.5. The Morgan fingerprint density at radius 2 is 2.00 bits per heavy atom. The minimum absolute atomic E-state index is 0.0326. The van der Waals surface area contributed by atoms with E-state index >= 15 is 0 Å². The summed E-state index contributed by atoms with van der Waals surface area (Å²) in [6, 6.07) is 11.6. The van der Waals surface area contributed by atoms with Gasteiger partial charge in [-0.15, -0.1) is 0 Å². The summed E-state index contributed by atoms with van der Waals surface area (Å²) in [5, 5.41) is 11.8. The lowest BCUT2D eigenvalue weighted by atomic mass is 10.1. The number of benzene rings is 2. The highest BCUT2D eigenvalue weighted by Gasteiger charge is 2.19. The van der Waals surface area contributed by atoms with Gasteiger partial charge in [0.05, 0.1) is 23.9 Å². The molecule has 3 rings (SSSR count). The molecule has 6 heteroatoms. The topological polar surface area (TPSA) is 84.9 Å². The molecule has 1 aliphatic heterocycles. The molecule has 0 bridgehead atoms. The van der Waals surface area contributed by atoms with Crippen LogP contribution in [0.5, 0.6) is 11.5 Å². The molecule has 0 atom stereocenters. The first-order valence-electron chi connectivity index (χ1n) is 7.23. The summed E-state index contributed by atoms with van der Waals surface area (Å²) in [5.74, 6) is -0.184. The molecule has 2 aromatic carbocycles. The fraction of sp³-hybridized carbons (Fsp3) is 0.111. The lowest BCUT2D eigenvalue weighted by molar-refractivity contribution is -0.113. The van der Waals surface area contributed by atoms with E-state index in [0.29, 0.717) is 17.1 Å². The highest BCUT2D eigenvalue weighted by Crippen LogP contribution is 2.30.